The first-order valence-corrected chi connectivity index (χ1v) is 8.32. The normalized spacial score (nSPS) is 11.4. The van der Waals surface area contributed by atoms with Gasteiger partial charge in [0.2, 0.25) is 5.91 Å². The van der Waals surface area contributed by atoms with Crippen molar-refractivity contribution in [3.8, 4) is 0 Å². The van der Waals surface area contributed by atoms with Gasteiger partial charge in [-0.25, -0.2) is 0 Å². The number of rotatable bonds is 4. The third-order valence-electron chi connectivity index (χ3n) is 3.53. The van der Waals surface area contributed by atoms with Gasteiger partial charge in [-0.15, -0.1) is 11.3 Å². The van der Waals surface area contributed by atoms with Crippen LogP contribution in [0.1, 0.15) is 24.3 Å². The van der Waals surface area contributed by atoms with Crippen molar-refractivity contribution in [1.29, 1.82) is 0 Å². The minimum atomic E-state index is -0.572. The van der Waals surface area contributed by atoms with Gasteiger partial charge in [-0.3, -0.25) is 4.79 Å². The molecule has 3 nitrogen and oxygen atoms in total. The number of benzene rings is 1. The summed E-state index contributed by atoms with van der Waals surface area (Å²) in [5, 5.41) is 2.03. The Hall–Kier alpha value is -1.33. The third-order valence-corrected chi connectivity index (χ3v) is 5.21. The van der Waals surface area contributed by atoms with E-state index in [-0.39, 0.29) is 5.91 Å². The topological polar surface area (TPSA) is 46.3 Å². The van der Waals surface area contributed by atoms with Gasteiger partial charge in [0.1, 0.15) is 0 Å². The van der Waals surface area contributed by atoms with E-state index >= 15 is 0 Å². The van der Waals surface area contributed by atoms with Crippen molar-refractivity contribution in [2.75, 3.05) is 12.8 Å². The number of nitrogen functional groups attached to an aromatic ring is 1. The van der Waals surface area contributed by atoms with Crippen LogP contribution in [0.3, 0.4) is 0 Å². The van der Waals surface area contributed by atoms with Gasteiger partial charge in [-0.1, -0.05) is 12.1 Å². The van der Waals surface area contributed by atoms with Crippen LogP contribution in [0.4, 0.5) is 5.69 Å². The summed E-state index contributed by atoms with van der Waals surface area (Å²) in [6.45, 7) is 4.51. The Kier molecular flexibility index (Phi) is 4.74. The van der Waals surface area contributed by atoms with Crippen LogP contribution in [0, 0.1) is 0 Å². The summed E-state index contributed by atoms with van der Waals surface area (Å²) >= 11 is 5.08. The molecule has 0 radical (unpaired) electrons. The number of halogens is 1. The van der Waals surface area contributed by atoms with Gasteiger partial charge < -0.3 is 10.6 Å². The van der Waals surface area contributed by atoms with Gasteiger partial charge in [0, 0.05) is 27.5 Å². The number of hydrogen-bond acceptors (Lipinski definition) is 3. The van der Waals surface area contributed by atoms with Crippen LogP contribution < -0.4 is 5.73 Å². The lowest BCUT2D eigenvalue weighted by molar-refractivity contribution is -0.135. The van der Waals surface area contributed by atoms with E-state index in [9.17, 15) is 4.79 Å². The molecule has 112 valence electrons. The number of hydrogen-bond donors (Lipinski definition) is 1. The fourth-order valence-electron chi connectivity index (χ4n) is 2.24. The first kappa shape index (κ1) is 16.0. The zero-order chi connectivity index (χ0) is 15.6. The summed E-state index contributed by atoms with van der Waals surface area (Å²) in [5.74, 6) is 0.0943. The highest BCUT2D eigenvalue weighted by atomic mass is 79.9. The number of carbonyl (C=O) groups is 1. The summed E-state index contributed by atoms with van der Waals surface area (Å²) in [7, 11) is 1.84. The van der Waals surface area contributed by atoms with Gasteiger partial charge in [0.25, 0.3) is 0 Å². The molecule has 1 aromatic heterocycles. The maximum Gasteiger partial charge on any atom is 0.232 e. The number of amides is 1. The van der Waals surface area contributed by atoms with E-state index in [0.717, 1.165) is 14.9 Å². The fourth-order valence-corrected chi connectivity index (χ4v) is 3.75. The molecule has 2 N–H and O–H groups in total. The molecule has 5 heteroatoms. The molecule has 0 saturated heterocycles. The predicted molar refractivity (Wildman–Crippen MR) is 92.4 cm³/mol. The summed E-state index contributed by atoms with van der Waals surface area (Å²) in [4.78, 5) is 15.7. The van der Waals surface area contributed by atoms with Crippen molar-refractivity contribution >= 4 is 38.9 Å². The average molecular weight is 367 g/mol. The lowest BCUT2D eigenvalue weighted by Crippen LogP contribution is -2.40. The number of nitrogens with two attached hydrogens (primary N) is 1. The Balaban J connectivity index is 2.15. The third kappa shape index (κ3) is 3.66. The standard InChI is InChI=1S/C16H19BrN2OS/c1-16(2,11-4-6-13(18)7-5-11)15(20)19(3)9-14-8-12(17)10-21-14/h4-8,10H,9,18H2,1-3H3. The molecule has 2 rings (SSSR count). The Morgan fingerprint density at radius 1 is 1.33 bits per heavy atom. The van der Waals surface area contributed by atoms with Crippen LogP contribution in [0.2, 0.25) is 0 Å². The minimum Gasteiger partial charge on any atom is -0.399 e. The number of anilines is 1. The van der Waals surface area contributed by atoms with Gasteiger partial charge in [-0.05, 0) is 53.5 Å². The molecular weight excluding hydrogens is 348 g/mol. The van der Waals surface area contributed by atoms with E-state index in [2.05, 4.69) is 15.9 Å². The quantitative estimate of drug-likeness (QED) is 0.830. The Morgan fingerprint density at radius 3 is 2.48 bits per heavy atom. The molecule has 0 aliphatic carbocycles. The average Bonchev–Trinajstić information content (AvgIpc) is 2.83. The Labute approximate surface area is 137 Å². The zero-order valence-corrected chi connectivity index (χ0v) is 14.8. The van der Waals surface area contributed by atoms with E-state index in [4.69, 9.17) is 5.73 Å². The number of likely N-dealkylation sites (N-methyl/N-ethyl adjacent to an activating group) is 1. The molecular formula is C16H19BrN2OS. The Bertz CT molecular complexity index is 634. The molecule has 21 heavy (non-hydrogen) atoms. The lowest BCUT2D eigenvalue weighted by Gasteiger charge is -2.29. The van der Waals surface area contributed by atoms with E-state index in [0.29, 0.717) is 12.2 Å². The predicted octanol–water partition coefficient (Wildman–Crippen LogP) is 4.03. The van der Waals surface area contributed by atoms with Gasteiger partial charge in [0.05, 0.1) is 12.0 Å². The van der Waals surface area contributed by atoms with Crippen molar-refractivity contribution < 1.29 is 4.79 Å². The maximum atomic E-state index is 12.7. The van der Waals surface area contributed by atoms with Crippen molar-refractivity contribution in [3.63, 3.8) is 0 Å². The molecule has 0 unspecified atom stereocenters. The van der Waals surface area contributed by atoms with E-state index in [1.807, 2.05) is 56.6 Å². The second-order valence-corrected chi connectivity index (χ2v) is 7.55. The highest BCUT2D eigenvalue weighted by molar-refractivity contribution is 9.10. The molecule has 0 aliphatic heterocycles. The van der Waals surface area contributed by atoms with Crippen LogP contribution in [-0.2, 0) is 16.8 Å². The number of thiophene rings is 1. The van der Waals surface area contributed by atoms with Gasteiger partial charge >= 0.3 is 0 Å². The highest BCUT2D eigenvalue weighted by Gasteiger charge is 2.32. The molecule has 0 saturated carbocycles. The smallest absolute Gasteiger partial charge is 0.232 e. The summed E-state index contributed by atoms with van der Waals surface area (Å²) < 4.78 is 1.06. The van der Waals surface area contributed by atoms with E-state index in [1.165, 1.54) is 0 Å². The van der Waals surface area contributed by atoms with Crippen molar-refractivity contribution in [1.82, 2.24) is 4.90 Å². The van der Waals surface area contributed by atoms with Crippen LogP contribution >= 0.6 is 27.3 Å². The molecule has 1 amide bonds. The minimum absolute atomic E-state index is 0.0943. The second kappa shape index (κ2) is 6.20. The van der Waals surface area contributed by atoms with Crippen LogP contribution in [0.15, 0.2) is 40.2 Å². The van der Waals surface area contributed by atoms with Gasteiger partial charge in [-0.2, -0.15) is 0 Å². The summed E-state index contributed by atoms with van der Waals surface area (Å²) in [6.07, 6.45) is 0. The van der Waals surface area contributed by atoms with Crippen molar-refractivity contribution in [2.45, 2.75) is 25.8 Å². The molecule has 0 spiro atoms. The van der Waals surface area contributed by atoms with E-state index < -0.39 is 5.41 Å². The first-order chi connectivity index (χ1) is 9.80. The largest absolute Gasteiger partial charge is 0.399 e. The summed E-state index contributed by atoms with van der Waals surface area (Å²) in [5.41, 5.74) is 6.82. The molecule has 0 fully saturated rings. The first-order valence-electron chi connectivity index (χ1n) is 6.65. The van der Waals surface area contributed by atoms with Crippen LogP contribution in [0.25, 0.3) is 0 Å². The fraction of sp³-hybridized carbons (Fsp3) is 0.312. The maximum absolute atomic E-state index is 12.7. The monoisotopic (exact) mass is 366 g/mol. The molecule has 1 heterocycles. The SMILES string of the molecule is CN(Cc1cc(Br)cs1)C(=O)C(C)(C)c1ccc(N)cc1. The Morgan fingerprint density at radius 2 is 1.95 bits per heavy atom. The number of nitrogens with zero attached hydrogens (tertiary/aromatic N) is 1. The highest BCUT2D eigenvalue weighted by Crippen LogP contribution is 2.28. The molecule has 0 bridgehead atoms. The van der Waals surface area contributed by atoms with Crippen molar-refractivity contribution in [2.24, 2.45) is 0 Å². The summed E-state index contributed by atoms with van der Waals surface area (Å²) in [6, 6.07) is 9.55. The van der Waals surface area contributed by atoms with Crippen molar-refractivity contribution in [3.05, 3.63) is 50.6 Å². The van der Waals surface area contributed by atoms with Gasteiger partial charge in [0.15, 0.2) is 0 Å². The van der Waals surface area contributed by atoms with Crippen LogP contribution in [0.5, 0.6) is 0 Å². The zero-order valence-electron chi connectivity index (χ0n) is 12.4. The molecule has 2 aromatic rings. The molecule has 1 aromatic carbocycles. The second-order valence-electron chi connectivity index (χ2n) is 5.64. The molecule has 0 atom stereocenters. The number of carbonyl (C=O) groups excluding carboxylic acids is 1. The van der Waals surface area contributed by atoms with Crippen LogP contribution in [-0.4, -0.2) is 17.9 Å². The lowest BCUT2D eigenvalue weighted by atomic mass is 9.83. The van der Waals surface area contributed by atoms with E-state index in [1.54, 1.807) is 16.2 Å². The molecule has 0 aliphatic rings.